The van der Waals surface area contributed by atoms with Crippen molar-refractivity contribution < 1.29 is 23.6 Å². The Hall–Kier alpha value is -3.68. The molecule has 1 aliphatic heterocycles. The number of hydrogen-bond donors (Lipinski definition) is 1. The second kappa shape index (κ2) is 11.2. The zero-order valence-corrected chi connectivity index (χ0v) is 21.7. The quantitative estimate of drug-likeness (QED) is 0.312. The standard InChI is InChI=1S/C30H32BNO5/c1-29(2)30(3,4)37-31(36-29)25(20-32-28(34)35-21-22-13-7-5-8-14-22)19-24-17-11-12-18-26(24)27(33)23-15-9-6-10-16-23/h5-19H,20-21H2,1-4H3,(H,32,34). The van der Waals surface area contributed by atoms with E-state index in [1.54, 1.807) is 18.2 Å². The second-order valence-corrected chi connectivity index (χ2v) is 10.0. The molecule has 7 heteroatoms. The van der Waals surface area contributed by atoms with Crippen molar-refractivity contribution in [3.63, 3.8) is 0 Å². The number of amides is 1. The van der Waals surface area contributed by atoms with Crippen LogP contribution in [0.2, 0.25) is 0 Å². The molecule has 3 aromatic rings. The lowest BCUT2D eigenvalue weighted by atomic mass is 9.76. The van der Waals surface area contributed by atoms with Crippen LogP contribution in [0.3, 0.4) is 0 Å². The van der Waals surface area contributed by atoms with Gasteiger partial charge in [0.05, 0.1) is 11.2 Å². The van der Waals surface area contributed by atoms with E-state index in [1.165, 1.54) is 0 Å². The largest absolute Gasteiger partial charge is 0.492 e. The predicted octanol–water partition coefficient (Wildman–Crippen LogP) is 5.86. The molecular weight excluding hydrogens is 465 g/mol. The van der Waals surface area contributed by atoms with Crippen molar-refractivity contribution in [2.24, 2.45) is 0 Å². The SMILES string of the molecule is CC1(C)OB(C(=Cc2ccccc2C(=O)c2ccccc2)CNC(=O)OCc2ccccc2)OC1(C)C. The van der Waals surface area contributed by atoms with E-state index < -0.39 is 24.4 Å². The highest BCUT2D eigenvalue weighted by Crippen LogP contribution is 2.39. The number of ketones is 1. The monoisotopic (exact) mass is 497 g/mol. The van der Waals surface area contributed by atoms with E-state index in [4.69, 9.17) is 14.0 Å². The number of ether oxygens (including phenoxy) is 1. The summed E-state index contributed by atoms with van der Waals surface area (Å²) in [7, 11) is -0.709. The van der Waals surface area contributed by atoms with E-state index in [1.807, 2.05) is 101 Å². The molecule has 1 amide bonds. The summed E-state index contributed by atoms with van der Waals surface area (Å²) in [6, 6.07) is 26.0. The molecule has 190 valence electrons. The van der Waals surface area contributed by atoms with Crippen LogP contribution in [0.15, 0.2) is 90.4 Å². The van der Waals surface area contributed by atoms with Crippen LogP contribution in [0.1, 0.15) is 54.7 Å². The first-order valence-corrected chi connectivity index (χ1v) is 12.4. The Morgan fingerprint density at radius 3 is 2.05 bits per heavy atom. The van der Waals surface area contributed by atoms with E-state index in [0.29, 0.717) is 22.2 Å². The molecule has 0 unspecified atom stereocenters. The minimum absolute atomic E-state index is 0.0871. The summed E-state index contributed by atoms with van der Waals surface area (Å²) in [5.74, 6) is -0.0871. The van der Waals surface area contributed by atoms with Crippen LogP contribution >= 0.6 is 0 Å². The second-order valence-electron chi connectivity index (χ2n) is 10.0. The van der Waals surface area contributed by atoms with Gasteiger partial charge in [0.1, 0.15) is 6.61 Å². The number of hydrogen-bond acceptors (Lipinski definition) is 5. The van der Waals surface area contributed by atoms with Gasteiger partial charge >= 0.3 is 13.2 Å². The fourth-order valence-corrected chi connectivity index (χ4v) is 3.92. The van der Waals surface area contributed by atoms with Gasteiger partial charge in [0.15, 0.2) is 5.78 Å². The van der Waals surface area contributed by atoms with Crippen LogP contribution < -0.4 is 5.32 Å². The number of alkyl carbamates (subject to hydrolysis) is 1. The normalized spacial score (nSPS) is 16.3. The third kappa shape index (κ3) is 6.37. The summed E-state index contributed by atoms with van der Waals surface area (Å²) in [5.41, 5.74) is 2.29. The molecule has 1 aliphatic rings. The van der Waals surface area contributed by atoms with E-state index in [0.717, 1.165) is 5.56 Å². The molecule has 0 aliphatic carbocycles. The Morgan fingerprint density at radius 1 is 0.838 bits per heavy atom. The number of nitrogens with one attached hydrogen (secondary N) is 1. The highest BCUT2D eigenvalue weighted by atomic mass is 16.7. The molecule has 0 bridgehead atoms. The van der Waals surface area contributed by atoms with Gasteiger partial charge in [-0.2, -0.15) is 0 Å². The molecule has 0 radical (unpaired) electrons. The van der Waals surface area contributed by atoms with Crippen LogP contribution in [0.5, 0.6) is 0 Å². The van der Waals surface area contributed by atoms with E-state index in [2.05, 4.69) is 5.32 Å². The fourth-order valence-electron chi connectivity index (χ4n) is 3.92. The van der Waals surface area contributed by atoms with Crippen LogP contribution in [0.25, 0.3) is 6.08 Å². The first-order valence-electron chi connectivity index (χ1n) is 12.4. The van der Waals surface area contributed by atoms with Crippen molar-refractivity contribution in [2.75, 3.05) is 6.54 Å². The molecule has 0 spiro atoms. The predicted molar refractivity (Wildman–Crippen MR) is 145 cm³/mol. The lowest BCUT2D eigenvalue weighted by molar-refractivity contribution is 0.00578. The van der Waals surface area contributed by atoms with E-state index in [9.17, 15) is 9.59 Å². The van der Waals surface area contributed by atoms with Gasteiger partial charge in [-0.15, -0.1) is 0 Å². The summed E-state index contributed by atoms with van der Waals surface area (Å²) in [5, 5.41) is 2.81. The summed E-state index contributed by atoms with van der Waals surface area (Å²) >= 11 is 0. The maximum absolute atomic E-state index is 13.3. The number of rotatable bonds is 8. The van der Waals surface area contributed by atoms with Crippen LogP contribution in [-0.4, -0.2) is 36.7 Å². The average Bonchev–Trinajstić information content (AvgIpc) is 3.12. The lowest BCUT2D eigenvalue weighted by Gasteiger charge is -2.32. The smallest absolute Gasteiger partial charge is 0.445 e. The molecule has 4 rings (SSSR count). The summed E-state index contributed by atoms with van der Waals surface area (Å²) < 4.78 is 17.9. The maximum Gasteiger partial charge on any atom is 0.492 e. The molecule has 37 heavy (non-hydrogen) atoms. The third-order valence-corrected chi connectivity index (χ3v) is 6.79. The summed E-state index contributed by atoms with van der Waals surface area (Å²) in [6.07, 6.45) is 1.30. The Bertz CT molecular complexity index is 1260. The van der Waals surface area contributed by atoms with Crippen molar-refractivity contribution in [2.45, 2.75) is 45.5 Å². The molecular formula is C30H32BNO5. The molecule has 1 N–H and O–H groups in total. The third-order valence-electron chi connectivity index (χ3n) is 6.79. The van der Waals surface area contributed by atoms with Crippen molar-refractivity contribution in [1.82, 2.24) is 5.32 Å². The molecule has 0 atom stereocenters. The Balaban J connectivity index is 1.59. The molecule has 0 saturated carbocycles. The van der Waals surface area contributed by atoms with Gasteiger partial charge < -0.3 is 19.4 Å². The fraction of sp³-hybridized carbons (Fsp3) is 0.267. The average molecular weight is 497 g/mol. The summed E-state index contributed by atoms with van der Waals surface area (Å²) in [4.78, 5) is 25.8. The zero-order valence-electron chi connectivity index (χ0n) is 21.7. The minimum atomic E-state index is -0.709. The topological polar surface area (TPSA) is 73.9 Å². The van der Waals surface area contributed by atoms with Gasteiger partial charge in [0.25, 0.3) is 0 Å². The Labute approximate surface area is 218 Å². The maximum atomic E-state index is 13.3. The van der Waals surface area contributed by atoms with E-state index in [-0.39, 0.29) is 18.9 Å². The van der Waals surface area contributed by atoms with Crippen molar-refractivity contribution in [3.05, 3.63) is 113 Å². The first kappa shape index (κ1) is 26.4. The lowest BCUT2D eigenvalue weighted by Crippen LogP contribution is -2.41. The van der Waals surface area contributed by atoms with Crippen LogP contribution in [0, 0.1) is 0 Å². The number of benzene rings is 3. The number of carbonyl (C=O) groups excluding carboxylic acids is 2. The van der Waals surface area contributed by atoms with E-state index >= 15 is 0 Å². The van der Waals surface area contributed by atoms with Crippen molar-refractivity contribution in [3.8, 4) is 0 Å². The van der Waals surface area contributed by atoms with Gasteiger partial charge in [0.2, 0.25) is 0 Å². The van der Waals surface area contributed by atoms with Crippen LogP contribution in [0.4, 0.5) is 4.79 Å². The zero-order chi connectivity index (χ0) is 26.5. The minimum Gasteiger partial charge on any atom is -0.445 e. The Kier molecular flexibility index (Phi) is 7.96. The molecule has 0 aromatic heterocycles. The molecule has 3 aromatic carbocycles. The van der Waals surface area contributed by atoms with Crippen molar-refractivity contribution >= 4 is 25.1 Å². The van der Waals surface area contributed by atoms with Gasteiger partial charge in [0, 0.05) is 17.7 Å². The van der Waals surface area contributed by atoms with Gasteiger partial charge in [-0.3, -0.25) is 4.79 Å². The molecule has 1 fully saturated rings. The van der Waals surface area contributed by atoms with Gasteiger partial charge in [-0.05, 0) is 44.3 Å². The van der Waals surface area contributed by atoms with Gasteiger partial charge in [-0.1, -0.05) is 91.0 Å². The first-order chi connectivity index (χ1) is 17.7. The van der Waals surface area contributed by atoms with Crippen molar-refractivity contribution in [1.29, 1.82) is 0 Å². The Morgan fingerprint density at radius 2 is 1.41 bits per heavy atom. The number of carbonyl (C=O) groups is 2. The highest BCUT2D eigenvalue weighted by molar-refractivity contribution is 6.56. The highest BCUT2D eigenvalue weighted by Gasteiger charge is 2.52. The summed E-state index contributed by atoms with van der Waals surface area (Å²) in [6.45, 7) is 8.17. The molecule has 1 saturated heterocycles. The molecule has 1 heterocycles. The van der Waals surface area contributed by atoms with Gasteiger partial charge in [-0.25, -0.2) is 4.79 Å². The van der Waals surface area contributed by atoms with Crippen LogP contribution in [-0.2, 0) is 20.7 Å². The molecule has 6 nitrogen and oxygen atoms in total.